The van der Waals surface area contributed by atoms with Gasteiger partial charge in [-0.25, -0.2) is 4.98 Å². The van der Waals surface area contributed by atoms with Gasteiger partial charge in [0.25, 0.3) is 0 Å². The Balaban J connectivity index is 1.91. The molecular weight excluding hydrogens is 198 g/mol. The highest BCUT2D eigenvalue weighted by Crippen LogP contribution is 2.38. The van der Waals surface area contributed by atoms with E-state index >= 15 is 0 Å². The van der Waals surface area contributed by atoms with Crippen LogP contribution in [-0.2, 0) is 5.54 Å². The van der Waals surface area contributed by atoms with Gasteiger partial charge in [-0.3, -0.25) is 0 Å². The molecule has 0 saturated heterocycles. The summed E-state index contributed by atoms with van der Waals surface area (Å²) in [4.78, 5) is 7.32. The molecule has 0 amide bonds. The summed E-state index contributed by atoms with van der Waals surface area (Å²) < 4.78 is 0. The van der Waals surface area contributed by atoms with Gasteiger partial charge in [0.1, 0.15) is 5.82 Å². The van der Waals surface area contributed by atoms with Gasteiger partial charge in [0, 0.05) is 23.5 Å². The first kappa shape index (κ1) is 9.60. The van der Waals surface area contributed by atoms with E-state index in [2.05, 4.69) is 34.2 Å². The first-order valence-corrected chi connectivity index (χ1v) is 5.67. The number of aromatic nitrogens is 2. The maximum absolute atomic E-state index is 6.27. The van der Waals surface area contributed by atoms with Gasteiger partial charge in [-0.2, -0.15) is 0 Å². The number of rotatable bonds is 2. The van der Waals surface area contributed by atoms with E-state index in [-0.39, 0.29) is 5.54 Å². The molecule has 1 aromatic heterocycles. The van der Waals surface area contributed by atoms with Crippen LogP contribution >= 0.6 is 0 Å². The Bertz CT molecular complexity index is 466. The Labute approximate surface area is 94.7 Å². The molecule has 3 rings (SSSR count). The number of nitrogens with zero attached hydrogens (tertiary/aromatic N) is 1. The van der Waals surface area contributed by atoms with Crippen molar-refractivity contribution in [2.24, 2.45) is 5.73 Å². The highest BCUT2D eigenvalue weighted by Gasteiger charge is 2.33. The number of hydrogen-bond donors (Lipinski definition) is 2. The Morgan fingerprint density at radius 2 is 1.94 bits per heavy atom. The Morgan fingerprint density at radius 3 is 2.44 bits per heavy atom. The van der Waals surface area contributed by atoms with Crippen LogP contribution in [-0.4, -0.2) is 9.97 Å². The molecule has 3 heteroatoms. The van der Waals surface area contributed by atoms with Crippen LogP contribution in [0, 0.1) is 0 Å². The van der Waals surface area contributed by atoms with E-state index in [0.29, 0.717) is 0 Å². The summed E-state index contributed by atoms with van der Waals surface area (Å²) in [5.74, 6) is 0.909. The van der Waals surface area contributed by atoms with Gasteiger partial charge in [-0.1, -0.05) is 24.3 Å². The second kappa shape index (κ2) is 3.46. The van der Waals surface area contributed by atoms with Gasteiger partial charge in [0.15, 0.2) is 0 Å². The minimum atomic E-state index is -0.0678. The maximum Gasteiger partial charge on any atom is 0.137 e. The maximum atomic E-state index is 6.27. The van der Waals surface area contributed by atoms with E-state index in [4.69, 9.17) is 5.73 Å². The third-order valence-corrected chi connectivity index (χ3v) is 3.48. The molecule has 0 spiro atoms. The summed E-state index contributed by atoms with van der Waals surface area (Å²) in [7, 11) is 0. The van der Waals surface area contributed by atoms with Crippen molar-refractivity contribution < 1.29 is 0 Å². The quantitative estimate of drug-likeness (QED) is 0.805. The van der Waals surface area contributed by atoms with E-state index in [0.717, 1.165) is 24.2 Å². The van der Waals surface area contributed by atoms with Crippen LogP contribution in [0.4, 0.5) is 0 Å². The molecule has 0 bridgehead atoms. The molecule has 0 radical (unpaired) electrons. The number of H-pyrrole nitrogens is 1. The van der Waals surface area contributed by atoms with Crippen molar-refractivity contribution in [3.63, 3.8) is 0 Å². The summed E-state index contributed by atoms with van der Waals surface area (Å²) in [6.07, 6.45) is 7.05. The first-order chi connectivity index (χ1) is 7.78. The largest absolute Gasteiger partial charge is 0.345 e. The van der Waals surface area contributed by atoms with Gasteiger partial charge in [0.2, 0.25) is 0 Å². The van der Waals surface area contributed by atoms with Crippen molar-refractivity contribution in [2.75, 3.05) is 0 Å². The van der Waals surface area contributed by atoms with Gasteiger partial charge in [-0.05, 0) is 24.8 Å². The molecule has 3 N–H and O–H groups in total. The molecule has 1 aliphatic rings. The molecule has 1 heterocycles. The van der Waals surface area contributed by atoms with Crippen LogP contribution in [0.1, 0.15) is 24.8 Å². The minimum Gasteiger partial charge on any atom is -0.345 e. The third kappa shape index (κ3) is 1.44. The van der Waals surface area contributed by atoms with E-state index < -0.39 is 0 Å². The molecular formula is C13H15N3. The predicted molar refractivity (Wildman–Crippen MR) is 63.7 cm³/mol. The fraction of sp³-hybridized carbons (Fsp3) is 0.308. The van der Waals surface area contributed by atoms with Crippen LogP contribution in [0.5, 0.6) is 0 Å². The van der Waals surface area contributed by atoms with Gasteiger partial charge in [0.05, 0.1) is 0 Å². The lowest BCUT2D eigenvalue weighted by Gasteiger charge is -2.38. The van der Waals surface area contributed by atoms with Gasteiger partial charge >= 0.3 is 0 Å². The third-order valence-electron chi connectivity index (χ3n) is 3.48. The lowest BCUT2D eigenvalue weighted by Crippen LogP contribution is -2.43. The smallest absolute Gasteiger partial charge is 0.137 e. The summed E-state index contributed by atoms with van der Waals surface area (Å²) in [6.45, 7) is 0. The van der Waals surface area contributed by atoms with Gasteiger partial charge in [-0.15, -0.1) is 0 Å². The standard InChI is InChI=1S/C13H15N3/c14-13(6-1-7-13)11-4-2-10(3-5-11)12-15-8-9-16-12/h2-5,8-9H,1,6-7,14H2,(H,15,16). The highest BCUT2D eigenvalue weighted by molar-refractivity contribution is 5.55. The van der Waals surface area contributed by atoms with Crippen molar-refractivity contribution in [1.82, 2.24) is 9.97 Å². The minimum absolute atomic E-state index is 0.0678. The van der Waals surface area contributed by atoms with Crippen molar-refractivity contribution >= 4 is 0 Å². The van der Waals surface area contributed by atoms with E-state index in [1.165, 1.54) is 12.0 Å². The molecule has 1 fully saturated rings. The first-order valence-electron chi connectivity index (χ1n) is 5.67. The number of nitrogens with one attached hydrogen (secondary N) is 1. The average molecular weight is 213 g/mol. The summed E-state index contributed by atoms with van der Waals surface area (Å²) in [6, 6.07) is 8.41. The van der Waals surface area contributed by atoms with E-state index in [1.54, 1.807) is 6.20 Å². The van der Waals surface area contributed by atoms with Crippen LogP contribution in [0.3, 0.4) is 0 Å². The highest BCUT2D eigenvalue weighted by atomic mass is 14.9. The second-order valence-corrected chi connectivity index (χ2v) is 4.52. The number of hydrogen-bond acceptors (Lipinski definition) is 2. The second-order valence-electron chi connectivity index (χ2n) is 4.52. The Hall–Kier alpha value is -1.61. The summed E-state index contributed by atoms with van der Waals surface area (Å²) in [5.41, 5.74) is 8.55. The molecule has 3 nitrogen and oxygen atoms in total. The number of benzene rings is 1. The average Bonchev–Trinajstić information content (AvgIpc) is 2.80. The fourth-order valence-electron chi connectivity index (χ4n) is 2.23. The van der Waals surface area contributed by atoms with Crippen molar-refractivity contribution in [1.29, 1.82) is 0 Å². The predicted octanol–water partition coefficient (Wildman–Crippen LogP) is 2.41. The number of nitrogens with two attached hydrogens (primary N) is 1. The molecule has 0 unspecified atom stereocenters. The Kier molecular flexibility index (Phi) is 2.07. The summed E-state index contributed by atoms with van der Waals surface area (Å²) >= 11 is 0. The number of imidazole rings is 1. The summed E-state index contributed by atoms with van der Waals surface area (Å²) in [5, 5.41) is 0. The van der Waals surface area contributed by atoms with Crippen LogP contribution in [0.15, 0.2) is 36.7 Å². The zero-order chi connectivity index (χ0) is 11.0. The van der Waals surface area contributed by atoms with Crippen molar-refractivity contribution in [3.05, 3.63) is 42.2 Å². The number of aromatic amines is 1. The normalized spacial score (nSPS) is 18.1. The van der Waals surface area contributed by atoms with Gasteiger partial charge < -0.3 is 10.7 Å². The van der Waals surface area contributed by atoms with Crippen LogP contribution < -0.4 is 5.73 Å². The fourth-order valence-corrected chi connectivity index (χ4v) is 2.23. The Morgan fingerprint density at radius 1 is 1.19 bits per heavy atom. The monoisotopic (exact) mass is 213 g/mol. The topological polar surface area (TPSA) is 54.7 Å². The lowest BCUT2D eigenvalue weighted by atomic mass is 9.73. The zero-order valence-corrected chi connectivity index (χ0v) is 9.11. The van der Waals surface area contributed by atoms with Crippen LogP contribution in [0.25, 0.3) is 11.4 Å². The molecule has 0 atom stereocenters. The van der Waals surface area contributed by atoms with Crippen molar-refractivity contribution in [2.45, 2.75) is 24.8 Å². The van der Waals surface area contributed by atoms with E-state index in [1.807, 2.05) is 6.20 Å². The molecule has 16 heavy (non-hydrogen) atoms. The molecule has 2 aromatic rings. The van der Waals surface area contributed by atoms with Crippen molar-refractivity contribution in [3.8, 4) is 11.4 Å². The van der Waals surface area contributed by atoms with E-state index in [9.17, 15) is 0 Å². The lowest BCUT2D eigenvalue weighted by molar-refractivity contribution is 0.253. The molecule has 1 aliphatic carbocycles. The zero-order valence-electron chi connectivity index (χ0n) is 9.11. The molecule has 82 valence electrons. The van der Waals surface area contributed by atoms with Crippen LogP contribution in [0.2, 0.25) is 0 Å². The molecule has 1 aromatic carbocycles. The molecule has 1 saturated carbocycles. The molecule has 0 aliphatic heterocycles. The SMILES string of the molecule is NC1(c2ccc(-c3ncc[nH]3)cc2)CCC1.